The van der Waals surface area contributed by atoms with Crippen LogP contribution in [0.2, 0.25) is 0 Å². The molecule has 1 aromatic carbocycles. The summed E-state index contributed by atoms with van der Waals surface area (Å²) in [5.41, 5.74) is 0.893. The number of methoxy groups -OCH3 is 1. The van der Waals surface area contributed by atoms with E-state index < -0.39 is 9.84 Å². The maximum atomic E-state index is 12.0. The molecule has 118 valence electrons. The number of benzene rings is 1. The van der Waals surface area contributed by atoms with Crippen molar-refractivity contribution in [2.75, 3.05) is 30.1 Å². The van der Waals surface area contributed by atoms with E-state index in [2.05, 4.69) is 6.58 Å². The molecule has 0 N–H and O–H groups in total. The SMILES string of the molecule is C=CCN1C(=S)N(c2ccc(OC)cc2)[C@H]2CS(=O)(=O)C[C@H]21. The van der Waals surface area contributed by atoms with Crippen LogP contribution in [-0.2, 0) is 9.84 Å². The molecule has 22 heavy (non-hydrogen) atoms. The van der Waals surface area contributed by atoms with Gasteiger partial charge in [0, 0.05) is 12.2 Å². The van der Waals surface area contributed by atoms with Crippen molar-refractivity contribution in [1.29, 1.82) is 0 Å². The number of sulfone groups is 1. The molecule has 0 unspecified atom stereocenters. The Hall–Kier alpha value is -1.60. The second kappa shape index (κ2) is 5.55. The molecular formula is C15H18N2O3S2. The van der Waals surface area contributed by atoms with Gasteiger partial charge >= 0.3 is 0 Å². The number of fused-ring (bicyclic) bond motifs is 1. The Morgan fingerprint density at radius 3 is 2.55 bits per heavy atom. The Balaban J connectivity index is 1.98. The topological polar surface area (TPSA) is 49.9 Å². The Morgan fingerprint density at radius 1 is 1.32 bits per heavy atom. The third-order valence-corrected chi connectivity index (χ3v) is 6.28. The van der Waals surface area contributed by atoms with E-state index in [1.54, 1.807) is 13.2 Å². The van der Waals surface area contributed by atoms with Gasteiger partial charge in [0.1, 0.15) is 5.75 Å². The maximum absolute atomic E-state index is 12.0. The quantitative estimate of drug-likeness (QED) is 0.612. The highest BCUT2D eigenvalue weighted by Crippen LogP contribution is 2.35. The first-order valence-electron chi connectivity index (χ1n) is 7.02. The summed E-state index contributed by atoms with van der Waals surface area (Å²) in [6.45, 7) is 4.30. The number of ether oxygens (including phenoxy) is 1. The van der Waals surface area contributed by atoms with Gasteiger partial charge in [0.25, 0.3) is 0 Å². The Morgan fingerprint density at radius 2 is 1.95 bits per heavy atom. The van der Waals surface area contributed by atoms with Crippen LogP contribution >= 0.6 is 12.2 Å². The van der Waals surface area contributed by atoms with Crippen LogP contribution in [-0.4, -0.2) is 55.7 Å². The van der Waals surface area contributed by atoms with Crippen molar-refractivity contribution in [2.24, 2.45) is 0 Å². The monoisotopic (exact) mass is 338 g/mol. The molecule has 2 atom stereocenters. The van der Waals surface area contributed by atoms with Gasteiger partial charge in [0.2, 0.25) is 0 Å². The summed E-state index contributed by atoms with van der Waals surface area (Å²) in [5.74, 6) is 1.04. The molecule has 5 nitrogen and oxygen atoms in total. The number of rotatable bonds is 4. The zero-order valence-electron chi connectivity index (χ0n) is 12.3. The lowest BCUT2D eigenvalue weighted by molar-refractivity contribution is 0.389. The van der Waals surface area contributed by atoms with Crippen LogP contribution in [0.4, 0.5) is 5.69 Å². The molecule has 0 saturated carbocycles. The highest BCUT2D eigenvalue weighted by atomic mass is 32.2. The summed E-state index contributed by atoms with van der Waals surface area (Å²) in [6.07, 6.45) is 1.76. The smallest absolute Gasteiger partial charge is 0.177 e. The molecule has 2 saturated heterocycles. The molecule has 0 amide bonds. The molecule has 2 fully saturated rings. The van der Waals surface area contributed by atoms with Crippen molar-refractivity contribution in [1.82, 2.24) is 4.90 Å². The third kappa shape index (κ3) is 2.48. The lowest BCUT2D eigenvalue weighted by Crippen LogP contribution is -2.37. The van der Waals surface area contributed by atoms with Gasteiger partial charge < -0.3 is 14.5 Å². The first kappa shape index (κ1) is 15.3. The zero-order chi connectivity index (χ0) is 15.9. The minimum absolute atomic E-state index is 0.0994. The van der Waals surface area contributed by atoms with Gasteiger partial charge in [-0.1, -0.05) is 6.08 Å². The summed E-state index contributed by atoms with van der Waals surface area (Å²) in [4.78, 5) is 3.91. The third-order valence-electron chi connectivity index (χ3n) is 4.15. The predicted octanol–water partition coefficient (Wildman–Crippen LogP) is 1.45. The average Bonchev–Trinajstić information content (AvgIpc) is 2.91. The molecule has 3 rings (SSSR count). The Bertz CT molecular complexity index is 700. The van der Waals surface area contributed by atoms with Gasteiger partial charge in [-0.05, 0) is 36.5 Å². The van der Waals surface area contributed by atoms with Gasteiger partial charge in [-0.2, -0.15) is 0 Å². The Kier molecular flexibility index (Phi) is 3.86. The number of anilines is 1. The zero-order valence-corrected chi connectivity index (χ0v) is 13.9. The molecule has 1 aromatic rings. The summed E-state index contributed by atoms with van der Waals surface area (Å²) in [6, 6.07) is 7.29. The number of nitrogens with zero attached hydrogens (tertiary/aromatic N) is 2. The molecular weight excluding hydrogens is 320 g/mol. The molecule has 2 heterocycles. The van der Waals surface area contributed by atoms with Crippen LogP contribution in [0.3, 0.4) is 0 Å². The number of hydrogen-bond acceptors (Lipinski definition) is 4. The molecule has 7 heteroatoms. The van der Waals surface area contributed by atoms with E-state index in [0.29, 0.717) is 11.7 Å². The van der Waals surface area contributed by atoms with E-state index in [1.165, 1.54) is 0 Å². The second-order valence-corrected chi connectivity index (χ2v) is 8.02. The molecule has 2 aliphatic heterocycles. The van der Waals surface area contributed by atoms with Gasteiger partial charge in [-0.15, -0.1) is 6.58 Å². The predicted molar refractivity (Wildman–Crippen MR) is 91.2 cm³/mol. The normalized spacial score (nSPS) is 26.1. The minimum Gasteiger partial charge on any atom is -0.497 e. The van der Waals surface area contributed by atoms with Crippen molar-refractivity contribution in [2.45, 2.75) is 12.1 Å². The first-order chi connectivity index (χ1) is 10.5. The highest BCUT2D eigenvalue weighted by molar-refractivity contribution is 7.91. The van der Waals surface area contributed by atoms with E-state index in [0.717, 1.165) is 11.4 Å². The van der Waals surface area contributed by atoms with Crippen LogP contribution < -0.4 is 9.64 Å². The fraction of sp³-hybridized carbons (Fsp3) is 0.400. The lowest BCUT2D eigenvalue weighted by Gasteiger charge is -2.25. The van der Waals surface area contributed by atoms with E-state index in [1.807, 2.05) is 34.1 Å². The van der Waals surface area contributed by atoms with Crippen LogP contribution in [0.1, 0.15) is 0 Å². The van der Waals surface area contributed by atoms with Gasteiger partial charge in [-0.3, -0.25) is 0 Å². The number of hydrogen-bond donors (Lipinski definition) is 0. The summed E-state index contributed by atoms with van der Waals surface area (Å²) >= 11 is 5.58. The van der Waals surface area contributed by atoms with Crippen molar-refractivity contribution in [3.63, 3.8) is 0 Å². The fourth-order valence-electron chi connectivity index (χ4n) is 3.17. The Labute approximate surface area is 136 Å². The van der Waals surface area contributed by atoms with Crippen LogP contribution in [0.25, 0.3) is 0 Å². The molecule has 0 aromatic heterocycles. The van der Waals surface area contributed by atoms with Crippen LogP contribution in [0, 0.1) is 0 Å². The van der Waals surface area contributed by atoms with Gasteiger partial charge in [0.05, 0.1) is 30.7 Å². The van der Waals surface area contributed by atoms with Crippen molar-refractivity contribution in [3.05, 3.63) is 36.9 Å². The molecule has 0 spiro atoms. The first-order valence-corrected chi connectivity index (χ1v) is 9.25. The van der Waals surface area contributed by atoms with Crippen LogP contribution in [0.15, 0.2) is 36.9 Å². The van der Waals surface area contributed by atoms with Crippen molar-refractivity contribution < 1.29 is 13.2 Å². The molecule has 0 radical (unpaired) electrons. The number of thiocarbonyl (C=S) groups is 1. The van der Waals surface area contributed by atoms with E-state index in [-0.39, 0.29) is 23.6 Å². The fourth-order valence-corrected chi connectivity index (χ4v) is 5.58. The van der Waals surface area contributed by atoms with Gasteiger partial charge in [-0.25, -0.2) is 8.42 Å². The van der Waals surface area contributed by atoms with Crippen LogP contribution in [0.5, 0.6) is 5.75 Å². The largest absolute Gasteiger partial charge is 0.497 e. The average molecular weight is 338 g/mol. The van der Waals surface area contributed by atoms with Crippen molar-refractivity contribution >= 4 is 32.9 Å². The van der Waals surface area contributed by atoms with E-state index >= 15 is 0 Å². The standard InChI is InChI=1S/C15H18N2O3S2/c1-3-8-16-13-9-22(18,19)10-14(13)17(15(16)21)11-4-6-12(20-2)7-5-11/h3-7,13-14H,1,8-10H2,2H3/t13-,14+/m1/s1. The molecule has 0 aliphatic carbocycles. The molecule has 2 aliphatic rings. The second-order valence-electron chi connectivity index (χ2n) is 5.50. The molecule has 0 bridgehead atoms. The summed E-state index contributed by atoms with van der Waals surface area (Å²) in [7, 11) is -1.42. The van der Waals surface area contributed by atoms with E-state index in [4.69, 9.17) is 17.0 Å². The lowest BCUT2D eigenvalue weighted by atomic mass is 10.1. The summed E-state index contributed by atoms with van der Waals surface area (Å²) < 4.78 is 29.2. The van der Waals surface area contributed by atoms with Crippen molar-refractivity contribution in [3.8, 4) is 5.75 Å². The highest BCUT2D eigenvalue weighted by Gasteiger charge is 2.51. The summed E-state index contributed by atoms with van der Waals surface area (Å²) in [5, 5.41) is 0.662. The van der Waals surface area contributed by atoms with Gasteiger partial charge in [0.15, 0.2) is 14.9 Å². The minimum atomic E-state index is -3.04. The maximum Gasteiger partial charge on any atom is 0.177 e. The van der Waals surface area contributed by atoms with E-state index in [9.17, 15) is 8.42 Å².